The fraction of sp³-hybridized carbons (Fsp3) is 0.474. The van der Waals surface area contributed by atoms with Gasteiger partial charge in [0.2, 0.25) is 17.6 Å². The van der Waals surface area contributed by atoms with E-state index in [9.17, 15) is 10.1 Å². The van der Waals surface area contributed by atoms with Crippen molar-refractivity contribution < 1.29 is 4.92 Å². The molecule has 0 amide bonds. The maximum absolute atomic E-state index is 11.6. The molecule has 27 heavy (non-hydrogen) atoms. The van der Waals surface area contributed by atoms with E-state index in [-0.39, 0.29) is 11.5 Å². The third-order valence-corrected chi connectivity index (χ3v) is 4.78. The van der Waals surface area contributed by atoms with Gasteiger partial charge in [-0.1, -0.05) is 44.2 Å². The van der Waals surface area contributed by atoms with Crippen LogP contribution < -0.4 is 16.0 Å². The van der Waals surface area contributed by atoms with Gasteiger partial charge >= 0.3 is 5.69 Å². The maximum Gasteiger partial charge on any atom is 0.353 e. The summed E-state index contributed by atoms with van der Waals surface area (Å²) in [6.45, 7) is 6.37. The largest absolute Gasteiger partial charge is 0.378 e. The lowest BCUT2D eigenvalue weighted by Gasteiger charge is -2.35. The Morgan fingerprint density at radius 3 is 2.52 bits per heavy atom. The van der Waals surface area contributed by atoms with Gasteiger partial charge in [0.05, 0.1) is 4.92 Å². The van der Waals surface area contributed by atoms with Crippen molar-refractivity contribution in [3.63, 3.8) is 0 Å². The van der Waals surface area contributed by atoms with Crippen LogP contribution in [0.4, 0.5) is 23.3 Å². The van der Waals surface area contributed by atoms with Crippen molar-refractivity contribution in [2.24, 2.45) is 11.8 Å². The van der Waals surface area contributed by atoms with Crippen molar-refractivity contribution >= 4 is 23.3 Å². The van der Waals surface area contributed by atoms with E-state index in [1.165, 1.54) is 5.56 Å². The number of nitrogens with zero attached hydrogens (tertiary/aromatic N) is 4. The first kappa shape index (κ1) is 18.9. The molecule has 1 aliphatic heterocycles. The summed E-state index contributed by atoms with van der Waals surface area (Å²) in [6, 6.07) is 10.1. The Morgan fingerprint density at radius 2 is 1.89 bits per heavy atom. The van der Waals surface area contributed by atoms with Gasteiger partial charge in [0.15, 0.2) is 0 Å². The van der Waals surface area contributed by atoms with Gasteiger partial charge in [0, 0.05) is 19.6 Å². The van der Waals surface area contributed by atoms with Gasteiger partial charge in [0.1, 0.15) is 0 Å². The first-order chi connectivity index (χ1) is 12.9. The van der Waals surface area contributed by atoms with Crippen molar-refractivity contribution in [3.8, 4) is 0 Å². The van der Waals surface area contributed by atoms with Crippen LogP contribution in [0.15, 0.2) is 30.3 Å². The summed E-state index contributed by atoms with van der Waals surface area (Å²) in [5.74, 6) is 1.43. The summed E-state index contributed by atoms with van der Waals surface area (Å²) in [6.07, 6.45) is 1.90. The summed E-state index contributed by atoms with van der Waals surface area (Å²) in [5, 5.41) is 14.7. The molecule has 0 saturated carbocycles. The van der Waals surface area contributed by atoms with Gasteiger partial charge in [-0.3, -0.25) is 10.1 Å². The fourth-order valence-corrected chi connectivity index (χ4v) is 3.73. The molecule has 1 aromatic carbocycles. The Bertz CT molecular complexity index is 788. The molecule has 144 valence electrons. The minimum atomic E-state index is -0.484. The maximum atomic E-state index is 11.6. The quantitative estimate of drug-likeness (QED) is 0.594. The number of anilines is 3. The highest BCUT2D eigenvalue weighted by atomic mass is 16.6. The molecule has 8 nitrogen and oxygen atoms in total. The van der Waals surface area contributed by atoms with E-state index in [0.717, 1.165) is 25.9 Å². The second kappa shape index (κ2) is 8.20. The summed E-state index contributed by atoms with van der Waals surface area (Å²) in [4.78, 5) is 21.6. The molecular formula is C19H26N6O2. The van der Waals surface area contributed by atoms with Gasteiger partial charge in [-0.05, 0) is 30.2 Å². The molecule has 0 bridgehead atoms. The van der Waals surface area contributed by atoms with Crippen molar-refractivity contribution in [1.82, 2.24) is 9.97 Å². The number of nitro groups is 1. The van der Waals surface area contributed by atoms with Crippen molar-refractivity contribution in [2.75, 3.05) is 35.6 Å². The Labute approximate surface area is 159 Å². The topological polar surface area (TPSA) is 110 Å². The molecule has 3 rings (SSSR count). The number of nitrogens with two attached hydrogens (primary N) is 1. The summed E-state index contributed by atoms with van der Waals surface area (Å²) in [5.41, 5.74) is 6.91. The number of nitrogen functional groups attached to an aromatic ring is 1. The van der Waals surface area contributed by atoms with E-state index in [0.29, 0.717) is 30.1 Å². The molecule has 1 aromatic heterocycles. The van der Waals surface area contributed by atoms with Crippen LogP contribution in [0.3, 0.4) is 0 Å². The van der Waals surface area contributed by atoms with Crippen LogP contribution in [0.5, 0.6) is 0 Å². The first-order valence-electron chi connectivity index (χ1n) is 9.28. The molecule has 3 N–H and O–H groups in total. The molecule has 2 atom stereocenters. The average molecular weight is 370 g/mol. The number of nitrogens with one attached hydrogen (secondary N) is 1. The highest BCUT2D eigenvalue weighted by Crippen LogP contribution is 2.35. The molecule has 2 heterocycles. The molecule has 1 fully saturated rings. The number of hydrogen-bond acceptors (Lipinski definition) is 7. The van der Waals surface area contributed by atoms with Crippen LogP contribution in [-0.4, -0.2) is 34.5 Å². The number of hydrogen-bond donors (Lipinski definition) is 2. The molecule has 1 saturated heterocycles. The molecule has 0 aliphatic carbocycles. The Balaban J connectivity index is 1.81. The highest BCUT2D eigenvalue weighted by Gasteiger charge is 2.31. The van der Waals surface area contributed by atoms with Crippen molar-refractivity contribution in [1.29, 1.82) is 0 Å². The molecule has 8 heteroatoms. The predicted molar refractivity (Wildman–Crippen MR) is 107 cm³/mol. The lowest BCUT2D eigenvalue weighted by molar-refractivity contribution is -0.383. The zero-order valence-corrected chi connectivity index (χ0v) is 15.8. The summed E-state index contributed by atoms with van der Waals surface area (Å²) in [7, 11) is 0. The minimum absolute atomic E-state index is 0.0990. The van der Waals surface area contributed by atoms with E-state index >= 15 is 0 Å². The fourth-order valence-electron chi connectivity index (χ4n) is 3.73. The number of rotatable bonds is 6. The molecule has 2 aromatic rings. The summed E-state index contributed by atoms with van der Waals surface area (Å²) < 4.78 is 0. The number of aromatic nitrogens is 2. The second-order valence-corrected chi connectivity index (χ2v) is 7.38. The van der Waals surface area contributed by atoms with Crippen LogP contribution in [-0.2, 0) is 6.42 Å². The van der Waals surface area contributed by atoms with E-state index in [2.05, 4.69) is 41.3 Å². The zero-order chi connectivity index (χ0) is 19.4. The monoisotopic (exact) mass is 370 g/mol. The molecule has 1 aliphatic rings. The second-order valence-electron chi connectivity index (χ2n) is 7.38. The third kappa shape index (κ3) is 4.64. The standard InChI is InChI=1S/C19H26N6O2/c1-13-10-14(2)12-24(11-13)18-16(25(26)27)17(20)22-19(23-18)21-9-8-15-6-4-3-5-7-15/h3-7,13-14H,8-12H2,1-2H3,(H3,20,21,22,23)/t13-,14-/m1/s1. The van der Waals surface area contributed by atoms with Crippen LogP contribution in [0.2, 0.25) is 0 Å². The SMILES string of the molecule is C[C@@H]1C[C@@H](C)CN(c2nc(NCCc3ccccc3)nc(N)c2[N+](=O)[O-])C1. The van der Waals surface area contributed by atoms with Crippen LogP contribution in [0.25, 0.3) is 0 Å². The molecule has 0 spiro atoms. The Morgan fingerprint density at radius 1 is 1.22 bits per heavy atom. The lowest BCUT2D eigenvalue weighted by atomic mass is 9.92. The lowest BCUT2D eigenvalue weighted by Crippen LogP contribution is -2.39. The van der Waals surface area contributed by atoms with Gasteiger partial charge in [-0.25, -0.2) is 0 Å². The van der Waals surface area contributed by atoms with E-state index in [4.69, 9.17) is 5.73 Å². The third-order valence-electron chi connectivity index (χ3n) is 4.78. The van der Waals surface area contributed by atoms with Gasteiger partial charge in [0.25, 0.3) is 0 Å². The van der Waals surface area contributed by atoms with E-state index in [1.54, 1.807) is 0 Å². The van der Waals surface area contributed by atoms with Gasteiger partial charge in [-0.15, -0.1) is 0 Å². The normalized spacial score (nSPS) is 19.7. The minimum Gasteiger partial charge on any atom is -0.378 e. The van der Waals surface area contributed by atoms with Crippen LogP contribution in [0.1, 0.15) is 25.8 Å². The average Bonchev–Trinajstić information content (AvgIpc) is 2.61. The highest BCUT2D eigenvalue weighted by molar-refractivity contribution is 5.71. The molecular weight excluding hydrogens is 344 g/mol. The Kier molecular flexibility index (Phi) is 5.73. The van der Waals surface area contributed by atoms with Gasteiger partial charge < -0.3 is 16.0 Å². The zero-order valence-electron chi connectivity index (χ0n) is 15.8. The smallest absolute Gasteiger partial charge is 0.353 e. The van der Waals surface area contributed by atoms with Crippen LogP contribution >= 0.6 is 0 Å². The predicted octanol–water partition coefficient (Wildman–Crippen LogP) is 3.10. The Hall–Kier alpha value is -2.90. The van der Waals surface area contributed by atoms with E-state index in [1.807, 2.05) is 23.1 Å². The van der Waals surface area contributed by atoms with Crippen molar-refractivity contribution in [2.45, 2.75) is 26.7 Å². The van der Waals surface area contributed by atoms with E-state index < -0.39 is 4.92 Å². The number of benzene rings is 1. The number of piperidine rings is 1. The van der Waals surface area contributed by atoms with Gasteiger partial charge in [-0.2, -0.15) is 9.97 Å². The van der Waals surface area contributed by atoms with Crippen LogP contribution in [0, 0.1) is 22.0 Å². The first-order valence-corrected chi connectivity index (χ1v) is 9.28. The molecule has 0 radical (unpaired) electrons. The van der Waals surface area contributed by atoms with Crippen molar-refractivity contribution in [3.05, 3.63) is 46.0 Å². The molecule has 0 unspecified atom stereocenters. The summed E-state index contributed by atoms with van der Waals surface area (Å²) >= 11 is 0.